The van der Waals surface area contributed by atoms with Crippen LogP contribution in [0.15, 0.2) is 24.3 Å². The lowest BCUT2D eigenvalue weighted by molar-refractivity contribution is -0.153. The van der Waals surface area contributed by atoms with Gasteiger partial charge in [-0.15, -0.1) is 0 Å². The second-order valence-electron chi connectivity index (χ2n) is 5.05. The standard InChI is InChI=1S/C16H21NO4/c1-3-20-16(19)13-8-6-10-17(13)15(18)11-21-14-9-5-4-7-12(14)2/h4-5,7,9,13H,3,6,8,10-11H2,1-2H3. The molecule has 5 nitrogen and oxygen atoms in total. The van der Waals surface area contributed by atoms with Gasteiger partial charge in [0, 0.05) is 6.54 Å². The van der Waals surface area contributed by atoms with Crippen molar-refractivity contribution in [1.82, 2.24) is 4.90 Å². The van der Waals surface area contributed by atoms with Crippen molar-refractivity contribution in [2.45, 2.75) is 32.7 Å². The number of hydrogen-bond acceptors (Lipinski definition) is 4. The molecular formula is C16H21NO4. The molecule has 1 aliphatic rings. The van der Waals surface area contributed by atoms with Crippen molar-refractivity contribution in [3.8, 4) is 5.75 Å². The van der Waals surface area contributed by atoms with E-state index in [0.717, 1.165) is 12.0 Å². The van der Waals surface area contributed by atoms with Crippen molar-refractivity contribution in [1.29, 1.82) is 0 Å². The molecule has 0 aromatic heterocycles. The van der Waals surface area contributed by atoms with Gasteiger partial charge in [-0.3, -0.25) is 4.79 Å². The van der Waals surface area contributed by atoms with E-state index in [9.17, 15) is 9.59 Å². The number of aryl methyl sites for hydroxylation is 1. The number of likely N-dealkylation sites (tertiary alicyclic amines) is 1. The molecule has 0 spiro atoms. The molecule has 1 amide bonds. The molecule has 114 valence electrons. The van der Waals surface area contributed by atoms with E-state index in [1.165, 1.54) is 0 Å². The van der Waals surface area contributed by atoms with Crippen LogP contribution in [0, 0.1) is 6.92 Å². The van der Waals surface area contributed by atoms with Gasteiger partial charge in [0.05, 0.1) is 6.61 Å². The highest BCUT2D eigenvalue weighted by Gasteiger charge is 2.35. The Bertz CT molecular complexity index is 515. The van der Waals surface area contributed by atoms with Gasteiger partial charge < -0.3 is 14.4 Å². The normalized spacial score (nSPS) is 17.6. The first-order valence-corrected chi connectivity index (χ1v) is 7.28. The van der Waals surface area contributed by atoms with Gasteiger partial charge in [0.15, 0.2) is 6.61 Å². The van der Waals surface area contributed by atoms with Gasteiger partial charge in [-0.2, -0.15) is 0 Å². The molecule has 21 heavy (non-hydrogen) atoms. The predicted molar refractivity (Wildman–Crippen MR) is 78.0 cm³/mol. The Morgan fingerprint density at radius 3 is 2.81 bits per heavy atom. The van der Waals surface area contributed by atoms with Crippen LogP contribution >= 0.6 is 0 Å². The summed E-state index contributed by atoms with van der Waals surface area (Å²) in [6, 6.07) is 7.08. The predicted octanol–water partition coefficient (Wildman–Crippen LogP) is 1.93. The third kappa shape index (κ3) is 3.74. The second-order valence-corrected chi connectivity index (χ2v) is 5.05. The Labute approximate surface area is 124 Å². The highest BCUT2D eigenvalue weighted by Crippen LogP contribution is 2.20. The van der Waals surface area contributed by atoms with Gasteiger partial charge in [-0.1, -0.05) is 18.2 Å². The summed E-state index contributed by atoms with van der Waals surface area (Å²) in [6.07, 6.45) is 1.48. The van der Waals surface area contributed by atoms with E-state index >= 15 is 0 Å². The minimum atomic E-state index is -0.460. The quantitative estimate of drug-likeness (QED) is 0.778. The Balaban J connectivity index is 1.93. The summed E-state index contributed by atoms with van der Waals surface area (Å²) < 4.78 is 10.6. The number of carbonyl (C=O) groups excluding carboxylic acids is 2. The van der Waals surface area contributed by atoms with Crippen LogP contribution in [0.1, 0.15) is 25.3 Å². The summed E-state index contributed by atoms with van der Waals surface area (Å²) in [5, 5.41) is 0. The molecule has 5 heteroatoms. The maximum Gasteiger partial charge on any atom is 0.328 e. The number of ether oxygens (including phenoxy) is 2. The lowest BCUT2D eigenvalue weighted by atomic mass is 10.2. The number of rotatable bonds is 5. The van der Waals surface area contributed by atoms with Crippen LogP contribution in [0.25, 0.3) is 0 Å². The van der Waals surface area contributed by atoms with Crippen molar-refractivity contribution in [3.05, 3.63) is 29.8 Å². The van der Waals surface area contributed by atoms with E-state index in [1.807, 2.05) is 31.2 Å². The van der Waals surface area contributed by atoms with Gasteiger partial charge in [0.2, 0.25) is 0 Å². The number of esters is 1. The summed E-state index contributed by atoms with van der Waals surface area (Å²) in [6.45, 7) is 4.55. The van der Waals surface area contributed by atoms with E-state index in [2.05, 4.69) is 0 Å². The molecule has 1 heterocycles. The van der Waals surface area contributed by atoms with Crippen molar-refractivity contribution >= 4 is 11.9 Å². The summed E-state index contributed by atoms with van der Waals surface area (Å²) in [5.74, 6) is 0.200. The molecule has 0 radical (unpaired) electrons. The smallest absolute Gasteiger partial charge is 0.328 e. The number of carbonyl (C=O) groups is 2. The van der Waals surface area contributed by atoms with Gasteiger partial charge >= 0.3 is 5.97 Å². The van der Waals surface area contributed by atoms with Crippen LogP contribution in [0.4, 0.5) is 0 Å². The first-order valence-electron chi connectivity index (χ1n) is 7.28. The number of para-hydroxylation sites is 1. The largest absolute Gasteiger partial charge is 0.484 e. The maximum absolute atomic E-state index is 12.2. The third-order valence-corrected chi connectivity index (χ3v) is 3.58. The summed E-state index contributed by atoms with van der Waals surface area (Å²) in [7, 11) is 0. The lowest BCUT2D eigenvalue weighted by Crippen LogP contribution is -2.43. The highest BCUT2D eigenvalue weighted by atomic mass is 16.5. The Morgan fingerprint density at radius 2 is 2.10 bits per heavy atom. The van der Waals surface area contributed by atoms with Crippen LogP contribution in [0.5, 0.6) is 5.75 Å². The molecule has 0 aliphatic carbocycles. The first-order chi connectivity index (χ1) is 10.1. The van der Waals surface area contributed by atoms with Gasteiger partial charge in [0.1, 0.15) is 11.8 Å². The topological polar surface area (TPSA) is 55.8 Å². The fraction of sp³-hybridized carbons (Fsp3) is 0.500. The monoisotopic (exact) mass is 291 g/mol. The van der Waals surface area contributed by atoms with E-state index in [4.69, 9.17) is 9.47 Å². The first kappa shape index (κ1) is 15.4. The summed E-state index contributed by atoms with van der Waals surface area (Å²) in [5.41, 5.74) is 0.980. The van der Waals surface area contributed by atoms with Crippen molar-refractivity contribution in [2.24, 2.45) is 0 Å². The fourth-order valence-corrected chi connectivity index (χ4v) is 2.49. The van der Waals surface area contributed by atoms with Crippen LogP contribution in [0.2, 0.25) is 0 Å². The number of amides is 1. The van der Waals surface area contributed by atoms with Gasteiger partial charge in [-0.25, -0.2) is 4.79 Å². The Kier molecular flexibility index (Phi) is 5.20. The van der Waals surface area contributed by atoms with Crippen LogP contribution in [-0.4, -0.2) is 42.6 Å². The average Bonchev–Trinajstić information content (AvgIpc) is 2.96. The lowest BCUT2D eigenvalue weighted by Gasteiger charge is -2.23. The SMILES string of the molecule is CCOC(=O)C1CCCN1C(=O)COc1ccccc1C. The van der Waals surface area contributed by atoms with E-state index in [1.54, 1.807) is 11.8 Å². The van der Waals surface area contributed by atoms with Crippen molar-refractivity contribution in [2.75, 3.05) is 19.8 Å². The molecule has 1 saturated heterocycles. The molecule has 0 saturated carbocycles. The summed E-state index contributed by atoms with van der Waals surface area (Å²) in [4.78, 5) is 25.6. The fourth-order valence-electron chi connectivity index (χ4n) is 2.49. The third-order valence-electron chi connectivity index (χ3n) is 3.58. The zero-order valence-corrected chi connectivity index (χ0v) is 12.5. The van der Waals surface area contributed by atoms with Crippen LogP contribution in [-0.2, 0) is 14.3 Å². The van der Waals surface area contributed by atoms with Crippen LogP contribution in [0.3, 0.4) is 0 Å². The highest BCUT2D eigenvalue weighted by molar-refractivity contribution is 5.86. The summed E-state index contributed by atoms with van der Waals surface area (Å²) >= 11 is 0. The molecular weight excluding hydrogens is 270 g/mol. The minimum absolute atomic E-state index is 0.0548. The Hall–Kier alpha value is -2.04. The molecule has 1 aromatic carbocycles. The van der Waals surface area contributed by atoms with Crippen molar-refractivity contribution in [3.63, 3.8) is 0 Å². The molecule has 0 bridgehead atoms. The zero-order chi connectivity index (χ0) is 15.2. The molecule has 1 atom stereocenters. The molecule has 0 N–H and O–H groups in total. The van der Waals surface area contributed by atoms with E-state index in [-0.39, 0.29) is 18.5 Å². The molecule has 1 unspecified atom stereocenters. The Morgan fingerprint density at radius 1 is 1.33 bits per heavy atom. The molecule has 1 aromatic rings. The number of benzene rings is 1. The van der Waals surface area contributed by atoms with E-state index in [0.29, 0.717) is 25.3 Å². The van der Waals surface area contributed by atoms with Crippen LogP contribution < -0.4 is 4.74 Å². The number of hydrogen-bond donors (Lipinski definition) is 0. The van der Waals surface area contributed by atoms with Gasteiger partial charge in [-0.05, 0) is 38.3 Å². The van der Waals surface area contributed by atoms with Gasteiger partial charge in [0.25, 0.3) is 5.91 Å². The maximum atomic E-state index is 12.2. The second kappa shape index (κ2) is 7.11. The minimum Gasteiger partial charge on any atom is -0.484 e. The number of nitrogens with zero attached hydrogens (tertiary/aromatic N) is 1. The zero-order valence-electron chi connectivity index (χ0n) is 12.5. The van der Waals surface area contributed by atoms with E-state index < -0.39 is 6.04 Å². The molecule has 1 fully saturated rings. The molecule has 2 rings (SSSR count). The van der Waals surface area contributed by atoms with Crippen molar-refractivity contribution < 1.29 is 19.1 Å². The average molecular weight is 291 g/mol. The molecule has 1 aliphatic heterocycles.